The fraction of sp³-hybridized carbons (Fsp3) is 0.182. The molecule has 2 aromatic rings. The van der Waals surface area contributed by atoms with Gasteiger partial charge in [-0.25, -0.2) is 10.1 Å². The van der Waals surface area contributed by atoms with E-state index in [2.05, 4.69) is 20.2 Å². The van der Waals surface area contributed by atoms with Crippen molar-refractivity contribution >= 4 is 12.2 Å². The van der Waals surface area contributed by atoms with Crippen LogP contribution in [-0.2, 0) is 0 Å². The molecule has 17 heavy (non-hydrogen) atoms. The van der Waals surface area contributed by atoms with Crippen molar-refractivity contribution in [3.05, 3.63) is 30.1 Å². The lowest BCUT2D eigenvalue weighted by Gasteiger charge is -2.06. The minimum atomic E-state index is 0.0672. The largest absolute Gasteiger partial charge is 0.504 e. The lowest BCUT2D eigenvalue weighted by molar-refractivity contribution is 0.318. The van der Waals surface area contributed by atoms with E-state index in [9.17, 15) is 5.11 Å². The van der Waals surface area contributed by atoms with Gasteiger partial charge in [0, 0.05) is 11.8 Å². The van der Waals surface area contributed by atoms with E-state index in [-0.39, 0.29) is 5.75 Å². The summed E-state index contributed by atoms with van der Waals surface area (Å²) in [6.07, 6.45) is 2.86. The first kappa shape index (κ1) is 11.1. The van der Waals surface area contributed by atoms with Gasteiger partial charge in [0.1, 0.15) is 6.33 Å². The molecule has 0 spiro atoms. The number of hydrogen-bond donors (Lipinski definition) is 2. The van der Waals surface area contributed by atoms with Crippen LogP contribution < -0.4 is 4.74 Å². The van der Waals surface area contributed by atoms with Crippen LogP contribution in [-0.4, -0.2) is 33.1 Å². The molecule has 0 saturated heterocycles. The summed E-state index contributed by atoms with van der Waals surface area (Å²) < 4.78 is 5.27. The number of ether oxygens (including phenoxy) is 1. The van der Waals surface area contributed by atoms with Crippen LogP contribution in [0.3, 0.4) is 0 Å². The number of phenols is 1. The van der Waals surface area contributed by atoms with Gasteiger partial charge >= 0.3 is 0 Å². The normalized spacial score (nSPS) is 10.9. The summed E-state index contributed by atoms with van der Waals surface area (Å²) in [6.45, 7) is 2.35. The van der Waals surface area contributed by atoms with Gasteiger partial charge in [0.2, 0.25) is 5.95 Å². The average molecular weight is 232 g/mol. The number of H-pyrrole nitrogens is 1. The van der Waals surface area contributed by atoms with Crippen LogP contribution in [0.25, 0.3) is 0 Å². The van der Waals surface area contributed by atoms with E-state index in [1.54, 1.807) is 18.2 Å². The molecule has 0 atom stereocenters. The maximum Gasteiger partial charge on any atom is 0.245 e. The first-order valence-electron chi connectivity index (χ1n) is 5.15. The number of para-hydroxylation sites is 1. The number of rotatable bonds is 4. The third kappa shape index (κ3) is 2.60. The molecule has 1 aromatic heterocycles. The molecule has 0 fully saturated rings. The molecule has 0 aliphatic rings. The third-order valence-electron chi connectivity index (χ3n) is 2.06. The highest BCUT2D eigenvalue weighted by Gasteiger charge is 2.05. The maximum atomic E-state index is 9.89. The predicted octanol–water partition coefficient (Wildman–Crippen LogP) is 1.66. The SMILES string of the molecule is CCOc1cccc(C=Nc2ncn[nH]2)c1O. The predicted molar refractivity (Wildman–Crippen MR) is 62.9 cm³/mol. The zero-order chi connectivity index (χ0) is 12.1. The second-order valence-electron chi connectivity index (χ2n) is 3.19. The third-order valence-corrected chi connectivity index (χ3v) is 2.06. The van der Waals surface area contributed by atoms with Crippen molar-refractivity contribution in [3.63, 3.8) is 0 Å². The molecule has 0 saturated carbocycles. The van der Waals surface area contributed by atoms with Gasteiger partial charge in [-0.1, -0.05) is 6.07 Å². The van der Waals surface area contributed by atoms with Gasteiger partial charge in [-0.15, -0.1) is 0 Å². The Labute approximate surface area is 98.0 Å². The van der Waals surface area contributed by atoms with Gasteiger partial charge in [-0.2, -0.15) is 10.1 Å². The van der Waals surface area contributed by atoms with Crippen LogP contribution in [0, 0.1) is 0 Å². The van der Waals surface area contributed by atoms with Crippen molar-refractivity contribution in [2.75, 3.05) is 6.61 Å². The Morgan fingerprint density at radius 3 is 3.12 bits per heavy atom. The van der Waals surface area contributed by atoms with Gasteiger partial charge in [0.25, 0.3) is 0 Å². The molecule has 0 radical (unpaired) electrons. The Hall–Kier alpha value is -2.37. The standard InChI is InChI=1S/C11H12N4O2/c1-2-17-9-5-3-4-8(10(9)16)6-12-11-13-7-14-15-11/h3-7,16H,2H2,1H3,(H,13,14,15). The van der Waals surface area contributed by atoms with E-state index in [1.807, 2.05) is 6.92 Å². The highest BCUT2D eigenvalue weighted by Crippen LogP contribution is 2.28. The minimum Gasteiger partial charge on any atom is -0.504 e. The molecule has 2 N–H and O–H groups in total. The van der Waals surface area contributed by atoms with Crippen molar-refractivity contribution in [3.8, 4) is 11.5 Å². The van der Waals surface area contributed by atoms with E-state index in [0.29, 0.717) is 23.9 Å². The van der Waals surface area contributed by atoms with Gasteiger partial charge in [-0.3, -0.25) is 0 Å². The minimum absolute atomic E-state index is 0.0672. The number of aromatic nitrogens is 3. The maximum absolute atomic E-state index is 9.89. The summed E-state index contributed by atoms with van der Waals surface area (Å²) in [4.78, 5) is 7.87. The smallest absolute Gasteiger partial charge is 0.245 e. The van der Waals surface area contributed by atoms with Crippen molar-refractivity contribution in [2.45, 2.75) is 6.92 Å². The Kier molecular flexibility index (Phi) is 3.34. The van der Waals surface area contributed by atoms with Crippen molar-refractivity contribution in [1.29, 1.82) is 0 Å². The summed E-state index contributed by atoms with van der Waals surface area (Å²) in [5.74, 6) is 0.887. The van der Waals surface area contributed by atoms with E-state index in [1.165, 1.54) is 12.5 Å². The van der Waals surface area contributed by atoms with Crippen LogP contribution in [0.2, 0.25) is 0 Å². The quantitative estimate of drug-likeness (QED) is 0.785. The molecule has 0 aliphatic heterocycles. The zero-order valence-corrected chi connectivity index (χ0v) is 9.29. The van der Waals surface area contributed by atoms with Crippen molar-refractivity contribution in [1.82, 2.24) is 15.2 Å². The van der Waals surface area contributed by atoms with Gasteiger partial charge in [0.05, 0.1) is 6.61 Å². The van der Waals surface area contributed by atoms with Crippen LogP contribution >= 0.6 is 0 Å². The van der Waals surface area contributed by atoms with Crippen LogP contribution in [0.1, 0.15) is 12.5 Å². The van der Waals surface area contributed by atoms with Crippen molar-refractivity contribution in [2.24, 2.45) is 4.99 Å². The van der Waals surface area contributed by atoms with E-state index in [0.717, 1.165) is 0 Å². The van der Waals surface area contributed by atoms with Crippen LogP contribution in [0.5, 0.6) is 11.5 Å². The summed E-state index contributed by atoms with van der Waals surface area (Å²) in [5.41, 5.74) is 0.562. The first-order chi connectivity index (χ1) is 8.31. The second kappa shape index (κ2) is 5.11. The molecular weight excluding hydrogens is 220 g/mol. The molecule has 1 aromatic carbocycles. The molecule has 2 rings (SSSR count). The van der Waals surface area contributed by atoms with Crippen molar-refractivity contribution < 1.29 is 9.84 Å². The number of phenolic OH excluding ortho intramolecular Hbond substituents is 1. The Balaban J connectivity index is 2.24. The summed E-state index contributed by atoms with van der Waals surface area (Å²) in [7, 11) is 0. The molecule has 0 aliphatic carbocycles. The summed E-state index contributed by atoms with van der Waals surface area (Å²) >= 11 is 0. The van der Waals surface area contributed by atoms with Gasteiger partial charge in [0.15, 0.2) is 11.5 Å². The lowest BCUT2D eigenvalue weighted by atomic mass is 10.2. The molecule has 6 nitrogen and oxygen atoms in total. The Morgan fingerprint density at radius 2 is 2.41 bits per heavy atom. The topological polar surface area (TPSA) is 83.4 Å². The van der Waals surface area contributed by atoms with Gasteiger partial charge < -0.3 is 9.84 Å². The molecule has 0 amide bonds. The van der Waals surface area contributed by atoms with Crippen LogP contribution in [0.4, 0.5) is 5.95 Å². The highest BCUT2D eigenvalue weighted by atomic mass is 16.5. The second-order valence-corrected chi connectivity index (χ2v) is 3.19. The number of nitrogens with zero attached hydrogens (tertiary/aromatic N) is 3. The van der Waals surface area contributed by atoms with E-state index in [4.69, 9.17) is 4.74 Å². The Morgan fingerprint density at radius 1 is 1.53 bits per heavy atom. The fourth-order valence-corrected chi connectivity index (χ4v) is 1.31. The monoisotopic (exact) mass is 232 g/mol. The van der Waals surface area contributed by atoms with Crippen LogP contribution in [0.15, 0.2) is 29.5 Å². The molecule has 88 valence electrons. The van der Waals surface area contributed by atoms with E-state index >= 15 is 0 Å². The zero-order valence-electron chi connectivity index (χ0n) is 9.29. The lowest BCUT2D eigenvalue weighted by Crippen LogP contribution is -1.93. The first-order valence-corrected chi connectivity index (χ1v) is 5.15. The molecular formula is C11H12N4O2. The van der Waals surface area contributed by atoms with Gasteiger partial charge in [-0.05, 0) is 19.1 Å². The molecule has 1 heterocycles. The highest BCUT2D eigenvalue weighted by molar-refractivity contribution is 5.86. The number of aromatic amines is 1. The summed E-state index contributed by atoms with van der Waals surface area (Å²) in [5, 5.41) is 16.1. The molecule has 0 unspecified atom stereocenters. The number of aliphatic imine (C=N–C) groups is 1. The number of hydrogen-bond acceptors (Lipinski definition) is 5. The summed E-state index contributed by atoms with van der Waals surface area (Å²) in [6, 6.07) is 5.22. The average Bonchev–Trinajstić information content (AvgIpc) is 2.83. The Bertz CT molecular complexity index is 508. The number of benzene rings is 1. The fourth-order valence-electron chi connectivity index (χ4n) is 1.31. The number of nitrogens with one attached hydrogen (secondary N) is 1. The number of aromatic hydroxyl groups is 1. The molecule has 6 heteroatoms. The van der Waals surface area contributed by atoms with E-state index < -0.39 is 0 Å². The molecule has 0 bridgehead atoms.